The van der Waals surface area contributed by atoms with E-state index in [1.807, 2.05) is 30.4 Å². The number of carbonyl (C=O) groups is 1. The minimum absolute atomic E-state index is 0.265. The number of hydrogen-bond acceptors (Lipinski definition) is 7. The van der Waals surface area contributed by atoms with Crippen LogP contribution in [-0.4, -0.2) is 32.2 Å². The molecule has 0 bridgehead atoms. The highest BCUT2D eigenvalue weighted by molar-refractivity contribution is 7.98. The number of thioether (sulfide) groups is 1. The molecule has 0 aliphatic heterocycles. The van der Waals surface area contributed by atoms with Crippen LogP contribution in [0.3, 0.4) is 0 Å². The van der Waals surface area contributed by atoms with Crippen LogP contribution in [0.4, 0.5) is 4.39 Å². The average Bonchev–Trinajstić information content (AvgIpc) is 3.22. The van der Waals surface area contributed by atoms with E-state index in [0.29, 0.717) is 32.4 Å². The first-order valence-electron chi connectivity index (χ1n) is 8.68. The minimum atomic E-state index is -0.432. The van der Waals surface area contributed by atoms with Gasteiger partial charge in [-0.05, 0) is 38.5 Å². The summed E-state index contributed by atoms with van der Waals surface area (Å²) in [7, 11) is 0. The van der Waals surface area contributed by atoms with Crippen LogP contribution in [0.5, 0.6) is 0 Å². The second kappa shape index (κ2) is 7.48. The third kappa shape index (κ3) is 3.24. The molecule has 0 N–H and O–H groups in total. The van der Waals surface area contributed by atoms with Crippen LogP contribution in [-0.2, 0) is 10.5 Å². The van der Waals surface area contributed by atoms with Gasteiger partial charge in [-0.25, -0.2) is 14.2 Å². The molecule has 4 aromatic rings. The van der Waals surface area contributed by atoms with E-state index in [-0.39, 0.29) is 12.4 Å². The van der Waals surface area contributed by atoms with E-state index in [4.69, 9.17) is 4.74 Å². The normalized spacial score (nSPS) is 11.4. The SMILES string of the molecule is CCOC(=O)c1sc2cccc(F)c2c1CSc1nnc2cc(C)nc(C)n12. The highest BCUT2D eigenvalue weighted by atomic mass is 32.2. The van der Waals surface area contributed by atoms with Crippen molar-refractivity contribution in [1.29, 1.82) is 0 Å². The van der Waals surface area contributed by atoms with Gasteiger partial charge in [0, 0.05) is 27.6 Å². The Balaban J connectivity index is 1.76. The highest BCUT2D eigenvalue weighted by Gasteiger charge is 2.22. The summed E-state index contributed by atoms with van der Waals surface area (Å²) in [5.41, 5.74) is 2.19. The number of rotatable bonds is 5. The van der Waals surface area contributed by atoms with Crippen molar-refractivity contribution in [3.05, 3.63) is 52.0 Å². The number of benzene rings is 1. The number of aryl methyl sites for hydroxylation is 2. The third-order valence-corrected chi connectivity index (χ3v) is 6.36. The van der Waals surface area contributed by atoms with Crippen LogP contribution in [0.1, 0.15) is 33.7 Å². The van der Waals surface area contributed by atoms with E-state index in [1.165, 1.54) is 29.2 Å². The lowest BCUT2D eigenvalue weighted by Gasteiger charge is -2.06. The standard InChI is InChI=1S/C19H17FN4O2S2/c1-4-26-18(25)17-12(16-13(20)6-5-7-14(16)28-17)9-27-19-23-22-15-8-10(2)21-11(3)24(15)19/h5-8H,4,9H2,1-3H3. The van der Waals surface area contributed by atoms with Gasteiger partial charge in [0.25, 0.3) is 0 Å². The number of thiophene rings is 1. The van der Waals surface area contributed by atoms with Gasteiger partial charge in [0.1, 0.15) is 16.5 Å². The van der Waals surface area contributed by atoms with E-state index in [0.717, 1.165) is 16.2 Å². The van der Waals surface area contributed by atoms with E-state index in [1.54, 1.807) is 13.0 Å². The molecule has 0 saturated heterocycles. The summed E-state index contributed by atoms with van der Waals surface area (Å²) in [4.78, 5) is 17.3. The van der Waals surface area contributed by atoms with Crippen LogP contribution >= 0.6 is 23.1 Å². The summed E-state index contributed by atoms with van der Waals surface area (Å²) in [6.45, 7) is 5.80. The number of carbonyl (C=O) groups excluding carboxylic acids is 1. The van der Waals surface area contributed by atoms with Gasteiger partial charge >= 0.3 is 5.97 Å². The van der Waals surface area contributed by atoms with E-state index in [2.05, 4.69) is 15.2 Å². The van der Waals surface area contributed by atoms with Crippen molar-refractivity contribution in [2.24, 2.45) is 0 Å². The second-order valence-electron chi connectivity index (χ2n) is 6.15. The van der Waals surface area contributed by atoms with Crippen LogP contribution in [0.25, 0.3) is 15.7 Å². The highest BCUT2D eigenvalue weighted by Crippen LogP contribution is 2.37. The van der Waals surface area contributed by atoms with Gasteiger partial charge in [-0.1, -0.05) is 17.8 Å². The van der Waals surface area contributed by atoms with Gasteiger partial charge in [-0.3, -0.25) is 4.40 Å². The topological polar surface area (TPSA) is 69.4 Å². The molecule has 9 heteroatoms. The molecule has 0 amide bonds. The molecule has 0 saturated carbocycles. The van der Waals surface area contributed by atoms with Crippen molar-refractivity contribution >= 4 is 44.8 Å². The van der Waals surface area contributed by atoms with Crippen LogP contribution in [0.15, 0.2) is 29.4 Å². The average molecular weight is 417 g/mol. The zero-order chi connectivity index (χ0) is 19.8. The zero-order valence-corrected chi connectivity index (χ0v) is 17.2. The van der Waals surface area contributed by atoms with Gasteiger partial charge in [0.2, 0.25) is 0 Å². The lowest BCUT2D eigenvalue weighted by molar-refractivity contribution is 0.0531. The maximum absolute atomic E-state index is 14.5. The molecule has 28 heavy (non-hydrogen) atoms. The molecule has 3 heterocycles. The van der Waals surface area contributed by atoms with E-state index >= 15 is 0 Å². The van der Waals surface area contributed by atoms with Crippen molar-refractivity contribution in [3.8, 4) is 0 Å². The first-order chi connectivity index (χ1) is 13.5. The molecule has 144 valence electrons. The molecule has 0 fully saturated rings. The molecular weight excluding hydrogens is 399 g/mol. The summed E-state index contributed by atoms with van der Waals surface area (Å²) in [6.07, 6.45) is 0. The monoisotopic (exact) mass is 416 g/mol. The number of fused-ring (bicyclic) bond motifs is 2. The summed E-state index contributed by atoms with van der Waals surface area (Å²) < 4.78 is 22.3. The zero-order valence-electron chi connectivity index (χ0n) is 15.5. The molecule has 0 aliphatic rings. The van der Waals surface area contributed by atoms with Crippen molar-refractivity contribution < 1.29 is 13.9 Å². The molecular formula is C19H17FN4O2S2. The number of aromatic nitrogens is 4. The largest absolute Gasteiger partial charge is 0.462 e. The van der Waals surface area contributed by atoms with Gasteiger partial charge < -0.3 is 4.74 Å². The summed E-state index contributed by atoms with van der Waals surface area (Å²) in [5.74, 6) is 0.357. The summed E-state index contributed by atoms with van der Waals surface area (Å²) in [5, 5.41) is 9.54. The Morgan fingerprint density at radius 1 is 1.32 bits per heavy atom. The molecule has 1 aromatic carbocycles. The van der Waals surface area contributed by atoms with Crippen molar-refractivity contribution in [2.45, 2.75) is 31.7 Å². The van der Waals surface area contributed by atoms with Crippen molar-refractivity contribution in [3.63, 3.8) is 0 Å². The Hall–Kier alpha value is -2.52. The Bertz CT molecular complexity index is 1200. The van der Waals surface area contributed by atoms with Crippen LogP contribution in [0, 0.1) is 19.7 Å². The van der Waals surface area contributed by atoms with E-state index < -0.39 is 5.97 Å². The Morgan fingerprint density at radius 3 is 2.93 bits per heavy atom. The first-order valence-corrected chi connectivity index (χ1v) is 10.5. The predicted molar refractivity (Wildman–Crippen MR) is 108 cm³/mol. The minimum Gasteiger partial charge on any atom is -0.462 e. The molecule has 0 atom stereocenters. The first kappa shape index (κ1) is 18.8. The fraction of sp³-hybridized carbons (Fsp3) is 0.263. The Labute approximate surface area is 168 Å². The number of ether oxygens (including phenoxy) is 1. The Morgan fingerprint density at radius 2 is 2.14 bits per heavy atom. The van der Waals surface area contributed by atoms with E-state index in [9.17, 15) is 9.18 Å². The maximum atomic E-state index is 14.5. The molecule has 6 nitrogen and oxygen atoms in total. The van der Waals surface area contributed by atoms with Crippen molar-refractivity contribution in [2.75, 3.05) is 6.61 Å². The van der Waals surface area contributed by atoms with Crippen LogP contribution < -0.4 is 0 Å². The smallest absolute Gasteiger partial charge is 0.348 e. The fourth-order valence-electron chi connectivity index (χ4n) is 3.10. The van der Waals surface area contributed by atoms with Gasteiger partial charge in [0.05, 0.1) is 6.61 Å². The molecule has 0 aliphatic carbocycles. The number of halogens is 1. The maximum Gasteiger partial charge on any atom is 0.348 e. The fourth-order valence-corrected chi connectivity index (χ4v) is 5.34. The molecule has 3 aromatic heterocycles. The molecule has 0 radical (unpaired) electrons. The molecule has 4 rings (SSSR count). The lowest BCUT2D eigenvalue weighted by Crippen LogP contribution is -2.05. The third-order valence-electron chi connectivity index (χ3n) is 4.23. The summed E-state index contributed by atoms with van der Waals surface area (Å²) in [6, 6.07) is 6.71. The van der Waals surface area contributed by atoms with Gasteiger partial charge in [-0.2, -0.15) is 0 Å². The van der Waals surface area contributed by atoms with Crippen LogP contribution in [0.2, 0.25) is 0 Å². The number of esters is 1. The van der Waals surface area contributed by atoms with Gasteiger partial charge in [0.15, 0.2) is 10.8 Å². The predicted octanol–water partition coefficient (Wildman–Crippen LogP) is 4.56. The molecule has 0 spiro atoms. The summed E-state index contributed by atoms with van der Waals surface area (Å²) >= 11 is 2.64. The lowest BCUT2D eigenvalue weighted by atomic mass is 10.1. The second-order valence-corrected chi connectivity index (χ2v) is 8.15. The van der Waals surface area contributed by atoms with Gasteiger partial charge in [-0.15, -0.1) is 21.5 Å². The number of hydrogen-bond donors (Lipinski definition) is 0. The molecule has 0 unspecified atom stereocenters. The Kier molecular flexibility index (Phi) is 5.03. The quantitative estimate of drug-likeness (QED) is 0.351. The van der Waals surface area contributed by atoms with Crippen molar-refractivity contribution in [1.82, 2.24) is 19.6 Å². The number of nitrogens with zero attached hydrogens (tertiary/aromatic N) is 4.